The van der Waals surface area contributed by atoms with Gasteiger partial charge in [0.25, 0.3) is 0 Å². The van der Waals surface area contributed by atoms with E-state index in [-0.39, 0.29) is 0 Å². The molecule has 0 saturated heterocycles. The molecule has 7 heteroatoms. The van der Waals surface area contributed by atoms with Gasteiger partial charge in [-0.05, 0) is 35.9 Å². The Morgan fingerprint density at radius 2 is 1.92 bits per heavy atom. The van der Waals surface area contributed by atoms with E-state index >= 15 is 0 Å². The predicted molar refractivity (Wildman–Crippen MR) is 113 cm³/mol. The summed E-state index contributed by atoms with van der Waals surface area (Å²) in [6.45, 7) is 0.557. The van der Waals surface area contributed by atoms with Gasteiger partial charge < -0.3 is 0 Å². The third-order valence-electron chi connectivity index (χ3n) is 3.99. The van der Waals surface area contributed by atoms with Crippen molar-refractivity contribution in [3.8, 4) is 0 Å². The largest absolute Gasteiger partial charge is 0.277 e. The van der Waals surface area contributed by atoms with Crippen molar-refractivity contribution in [2.75, 3.05) is 0 Å². The summed E-state index contributed by atoms with van der Waals surface area (Å²) in [5, 5.41) is 2.82. The van der Waals surface area contributed by atoms with Crippen molar-refractivity contribution in [1.82, 2.24) is 10.5 Å². The zero-order valence-electron chi connectivity index (χ0n) is 13.4. The summed E-state index contributed by atoms with van der Waals surface area (Å²) in [5.41, 5.74) is 4.23. The molecule has 0 fully saturated rings. The number of nitrogens with zero attached hydrogens (tertiary/aromatic N) is 1. The second-order valence-corrected chi connectivity index (χ2v) is 8.53. The molecule has 4 rings (SSSR count). The van der Waals surface area contributed by atoms with Crippen LogP contribution >= 0.6 is 50.5 Å². The molecule has 1 N–H and O–H groups in total. The maximum Gasteiger partial charge on any atom is 0.180 e. The Kier molecular flexibility index (Phi) is 5.45. The Morgan fingerprint density at radius 1 is 1.12 bits per heavy atom. The van der Waals surface area contributed by atoms with Crippen LogP contribution in [0.3, 0.4) is 0 Å². The molecule has 0 amide bonds. The second kappa shape index (κ2) is 7.80. The Bertz CT molecular complexity index is 1070. The number of pyridine rings is 1. The summed E-state index contributed by atoms with van der Waals surface area (Å²) >= 11 is 17.7. The highest BCUT2D eigenvalue weighted by molar-refractivity contribution is 9.10. The number of rotatable bonds is 5. The average Bonchev–Trinajstić information content (AvgIpc) is 3.01. The molecule has 2 aromatic carbocycles. The summed E-state index contributed by atoms with van der Waals surface area (Å²) in [5.74, 6) is 0. The molecule has 0 aliphatic heterocycles. The van der Waals surface area contributed by atoms with Crippen LogP contribution in [0.25, 0.3) is 20.2 Å². The Hall–Kier alpha value is -1.21. The Balaban J connectivity index is 1.55. The first-order chi connectivity index (χ1) is 12.6. The summed E-state index contributed by atoms with van der Waals surface area (Å²) in [6.07, 6.45) is 3.59. The van der Waals surface area contributed by atoms with Crippen molar-refractivity contribution >= 4 is 70.6 Å². The van der Waals surface area contributed by atoms with Gasteiger partial charge in [-0.25, -0.2) is 0 Å². The lowest BCUT2D eigenvalue weighted by Gasteiger charge is -2.12. The summed E-state index contributed by atoms with van der Waals surface area (Å²) in [4.78, 5) is 9.96. The van der Waals surface area contributed by atoms with Crippen LogP contribution in [0.15, 0.2) is 59.3 Å². The number of halogens is 3. The maximum absolute atomic E-state index is 6.48. The zero-order valence-corrected chi connectivity index (χ0v) is 17.3. The van der Waals surface area contributed by atoms with E-state index in [1.807, 2.05) is 48.7 Å². The highest BCUT2D eigenvalue weighted by Crippen LogP contribution is 2.39. The monoisotopic (exact) mass is 466 g/mol. The fraction of sp³-hybridized carbons (Fsp3) is 0.105. The van der Waals surface area contributed by atoms with Crippen LogP contribution in [0.2, 0.25) is 5.02 Å². The molecular formula is C19H13BrCl2N2OS. The fourth-order valence-corrected chi connectivity index (χ4v) is 4.62. The highest BCUT2D eigenvalue weighted by Gasteiger charge is 2.16. The number of fused-ring (bicyclic) bond motifs is 3. The van der Waals surface area contributed by atoms with Crippen LogP contribution in [0.4, 0.5) is 0 Å². The third-order valence-corrected chi connectivity index (χ3v) is 6.31. The van der Waals surface area contributed by atoms with Gasteiger partial charge in [0.1, 0.15) is 0 Å². The van der Waals surface area contributed by atoms with Crippen LogP contribution in [-0.2, 0) is 11.4 Å². The minimum Gasteiger partial charge on any atom is -0.277 e. The topological polar surface area (TPSA) is 34.1 Å². The number of thiophene rings is 1. The molecule has 0 spiro atoms. The number of nitrogens with one attached hydrogen (secondary N) is 1. The van der Waals surface area contributed by atoms with Gasteiger partial charge in [-0.15, -0.1) is 11.3 Å². The summed E-state index contributed by atoms with van der Waals surface area (Å²) in [6, 6.07) is 13.9. The molecule has 0 bridgehead atoms. The molecule has 2 aromatic heterocycles. The minimum absolute atomic E-state index is 0.557. The molecule has 0 aliphatic rings. The molecule has 0 aliphatic carbocycles. The maximum atomic E-state index is 6.48. The van der Waals surface area contributed by atoms with Crippen LogP contribution in [-0.4, -0.2) is 4.98 Å². The first-order valence-electron chi connectivity index (χ1n) is 7.84. The molecule has 2 heterocycles. The Labute approximate surface area is 173 Å². The van der Waals surface area contributed by atoms with Crippen molar-refractivity contribution < 1.29 is 4.84 Å². The van der Waals surface area contributed by atoms with Crippen LogP contribution in [0.5, 0.6) is 0 Å². The standard InChI is InChI=1S/C19H13BrCl2N2OS/c20-12-3-1-11(2-4-12)8-24-25-19(22)16-10-23-9-15-14-7-13(21)5-6-17(14)26-18(15)16/h1-7,9-10,19,24H,8H2. The van der Waals surface area contributed by atoms with Gasteiger partial charge >= 0.3 is 0 Å². The van der Waals surface area contributed by atoms with Crippen molar-refractivity contribution in [1.29, 1.82) is 0 Å². The van der Waals surface area contributed by atoms with Gasteiger partial charge in [0.15, 0.2) is 5.56 Å². The first-order valence-corrected chi connectivity index (χ1v) is 10.3. The van der Waals surface area contributed by atoms with E-state index in [0.29, 0.717) is 11.6 Å². The van der Waals surface area contributed by atoms with Crippen LogP contribution in [0.1, 0.15) is 16.7 Å². The van der Waals surface area contributed by atoms with Crippen LogP contribution < -0.4 is 5.48 Å². The van der Waals surface area contributed by atoms with E-state index in [1.54, 1.807) is 17.5 Å². The molecule has 3 nitrogen and oxygen atoms in total. The van der Waals surface area contributed by atoms with E-state index in [0.717, 1.165) is 35.8 Å². The molecule has 0 saturated carbocycles. The minimum atomic E-state index is -0.648. The SMILES string of the molecule is Clc1ccc2sc3c(C(Cl)ONCc4ccc(Br)cc4)cncc3c2c1. The lowest BCUT2D eigenvalue weighted by Crippen LogP contribution is -2.15. The number of hydroxylamine groups is 1. The lowest BCUT2D eigenvalue weighted by atomic mass is 10.1. The van der Waals surface area contributed by atoms with E-state index in [1.165, 1.54) is 0 Å². The van der Waals surface area contributed by atoms with Gasteiger partial charge in [-0.2, -0.15) is 5.48 Å². The van der Waals surface area contributed by atoms with Gasteiger partial charge in [-0.1, -0.05) is 51.3 Å². The smallest absolute Gasteiger partial charge is 0.180 e. The van der Waals surface area contributed by atoms with Crippen molar-refractivity contribution in [2.45, 2.75) is 12.1 Å². The number of aromatic nitrogens is 1. The summed E-state index contributed by atoms with van der Waals surface area (Å²) < 4.78 is 3.24. The highest BCUT2D eigenvalue weighted by atomic mass is 79.9. The first kappa shape index (κ1) is 18.2. The zero-order chi connectivity index (χ0) is 18.1. The van der Waals surface area contributed by atoms with Gasteiger partial charge in [-0.3, -0.25) is 9.82 Å². The number of alkyl halides is 1. The molecule has 1 unspecified atom stereocenters. The molecule has 4 aromatic rings. The molecular weight excluding hydrogens is 455 g/mol. The van der Waals surface area contributed by atoms with Crippen LogP contribution in [0, 0.1) is 0 Å². The van der Waals surface area contributed by atoms with Crippen molar-refractivity contribution in [3.05, 3.63) is 75.5 Å². The molecule has 26 heavy (non-hydrogen) atoms. The van der Waals surface area contributed by atoms with Crippen molar-refractivity contribution in [2.24, 2.45) is 0 Å². The van der Waals surface area contributed by atoms with Crippen molar-refractivity contribution in [3.63, 3.8) is 0 Å². The van der Waals surface area contributed by atoms with E-state index in [4.69, 9.17) is 28.0 Å². The number of hydrogen-bond acceptors (Lipinski definition) is 4. The normalized spacial score (nSPS) is 12.7. The Morgan fingerprint density at radius 3 is 2.73 bits per heavy atom. The van der Waals surface area contributed by atoms with Gasteiger partial charge in [0.2, 0.25) is 0 Å². The van der Waals surface area contributed by atoms with E-state index < -0.39 is 5.56 Å². The lowest BCUT2D eigenvalue weighted by molar-refractivity contribution is 0.0138. The molecule has 0 radical (unpaired) electrons. The van der Waals surface area contributed by atoms with Gasteiger partial charge in [0, 0.05) is 54.2 Å². The number of benzene rings is 2. The van der Waals surface area contributed by atoms with E-state index in [9.17, 15) is 0 Å². The van der Waals surface area contributed by atoms with Gasteiger partial charge in [0.05, 0.1) is 0 Å². The molecule has 1 atom stereocenters. The number of hydrogen-bond donors (Lipinski definition) is 1. The molecule has 132 valence electrons. The third kappa shape index (κ3) is 3.74. The fourth-order valence-electron chi connectivity index (χ4n) is 2.71. The second-order valence-electron chi connectivity index (χ2n) is 5.73. The quantitative estimate of drug-likeness (QED) is 0.258. The average molecular weight is 468 g/mol. The van der Waals surface area contributed by atoms with E-state index in [2.05, 4.69) is 26.4 Å². The predicted octanol–water partition coefficient (Wildman–Crippen LogP) is 6.82. The summed E-state index contributed by atoms with van der Waals surface area (Å²) in [7, 11) is 0.